The molecule has 4 rings (SSSR count). The van der Waals surface area contributed by atoms with Crippen LogP contribution in [-0.2, 0) is 30.3 Å². The van der Waals surface area contributed by atoms with E-state index in [0.717, 1.165) is 24.3 Å². The van der Waals surface area contributed by atoms with Crippen molar-refractivity contribution in [2.45, 2.75) is 51.3 Å². The number of aryl methyl sites for hydroxylation is 1. The molecule has 10 nitrogen and oxygen atoms in total. The standard InChI is InChI=1S/C23H32N4O5.C8H10O.3H2/c1-15(25-22(31)17-9-10-27(3)13-17)21(30)24-12-19(28)26-18(20(29)23(2)14-32-23)11-16-7-5-4-6-8-16;1-7-3-5-8(9-2)6-4-7;;;/h4-8,15,17-18H,9-14H2,1-3H3,(H,24,30)(H,25,31)(H,26,28);3-6H,1-2H3;3*1H/t15-,17-,18-,23+;;;;/m0..../s1. The van der Waals surface area contributed by atoms with Crippen molar-refractivity contribution in [1.29, 1.82) is 0 Å². The van der Waals surface area contributed by atoms with E-state index >= 15 is 0 Å². The highest BCUT2D eigenvalue weighted by atomic mass is 16.6. The summed E-state index contributed by atoms with van der Waals surface area (Å²) in [5.74, 6) is -0.498. The predicted octanol–water partition coefficient (Wildman–Crippen LogP) is 2.39. The van der Waals surface area contributed by atoms with Crippen molar-refractivity contribution < 1.29 is 32.9 Å². The number of rotatable bonds is 11. The van der Waals surface area contributed by atoms with Gasteiger partial charge in [-0.25, -0.2) is 0 Å². The largest absolute Gasteiger partial charge is 0.497 e. The van der Waals surface area contributed by atoms with Crippen LogP contribution in [0.15, 0.2) is 54.6 Å². The highest BCUT2D eigenvalue weighted by Crippen LogP contribution is 2.29. The maximum Gasteiger partial charge on any atom is 0.242 e. The van der Waals surface area contributed by atoms with Crippen LogP contribution in [0.25, 0.3) is 0 Å². The lowest BCUT2D eigenvalue weighted by Gasteiger charge is -2.21. The Balaban J connectivity index is 0.00000133. The summed E-state index contributed by atoms with van der Waals surface area (Å²) in [7, 11) is 3.62. The minimum absolute atomic E-state index is 0. The molecule has 2 aliphatic rings. The average molecular weight is 573 g/mol. The number of nitrogens with zero attached hydrogens (tertiary/aromatic N) is 1. The molecular formula is C31H48N4O6. The lowest BCUT2D eigenvalue weighted by atomic mass is 9.95. The summed E-state index contributed by atoms with van der Waals surface area (Å²) in [5, 5.41) is 7.96. The molecule has 4 atom stereocenters. The van der Waals surface area contributed by atoms with Crippen LogP contribution in [0.2, 0.25) is 0 Å². The molecule has 228 valence electrons. The lowest BCUT2D eigenvalue weighted by Crippen LogP contribution is -2.52. The molecule has 2 fully saturated rings. The van der Waals surface area contributed by atoms with E-state index in [1.54, 1.807) is 21.0 Å². The molecule has 0 bridgehead atoms. The van der Waals surface area contributed by atoms with Crippen molar-refractivity contribution in [3.05, 3.63) is 65.7 Å². The van der Waals surface area contributed by atoms with Crippen molar-refractivity contribution in [3.63, 3.8) is 0 Å². The van der Waals surface area contributed by atoms with E-state index < -0.39 is 29.5 Å². The smallest absolute Gasteiger partial charge is 0.242 e. The Kier molecular flexibility index (Phi) is 11.4. The molecule has 3 N–H and O–H groups in total. The molecule has 3 amide bonds. The minimum atomic E-state index is -0.872. The zero-order valence-corrected chi connectivity index (χ0v) is 24.6. The number of hydrogen-bond acceptors (Lipinski definition) is 7. The third-order valence-electron chi connectivity index (χ3n) is 7.23. The summed E-state index contributed by atoms with van der Waals surface area (Å²) < 4.78 is 10.2. The van der Waals surface area contributed by atoms with Gasteiger partial charge in [0.1, 0.15) is 17.4 Å². The molecule has 41 heavy (non-hydrogen) atoms. The fraction of sp³-hybridized carbons (Fsp3) is 0.484. The van der Waals surface area contributed by atoms with E-state index in [1.165, 1.54) is 5.56 Å². The summed E-state index contributed by atoms with van der Waals surface area (Å²) >= 11 is 0. The van der Waals surface area contributed by atoms with Gasteiger partial charge in [0, 0.05) is 10.8 Å². The van der Waals surface area contributed by atoms with E-state index in [9.17, 15) is 19.2 Å². The fourth-order valence-corrected chi connectivity index (χ4v) is 4.46. The molecule has 2 aromatic rings. The Morgan fingerprint density at radius 2 is 1.76 bits per heavy atom. The van der Waals surface area contributed by atoms with Gasteiger partial charge in [0.15, 0.2) is 5.78 Å². The highest BCUT2D eigenvalue weighted by molar-refractivity contribution is 5.97. The number of carbonyl (C=O) groups is 4. The fourth-order valence-electron chi connectivity index (χ4n) is 4.46. The molecule has 2 heterocycles. The summed E-state index contributed by atoms with van der Waals surface area (Å²) in [6.45, 7) is 6.90. The van der Waals surface area contributed by atoms with Crippen LogP contribution < -0.4 is 20.7 Å². The van der Waals surface area contributed by atoms with Crippen molar-refractivity contribution in [2.75, 3.05) is 40.4 Å². The number of ketones is 1. The van der Waals surface area contributed by atoms with Crippen molar-refractivity contribution in [3.8, 4) is 5.75 Å². The second-order valence-corrected chi connectivity index (χ2v) is 10.9. The average Bonchev–Trinajstić information content (AvgIpc) is 3.57. The number of hydrogen-bond donors (Lipinski definition) is 3. The number of nitrogens with one attached hydrogen (secondary N) is 3. The van der Waals surface area contributed by atoms with Crippen LogP contribution in [0.5, 0.6) is 5.75 Å². The van der Waals surface area contributed by atoms with Gasteiger partial charge in [0.25, 0.3) is 0 Å². The first-order valence-corrected chi connectivity index (χ1v) is 13.9. The van der Waals surface area contributed by atoms with Gasteiger partial charge in [-0.1, -0.05) is 48.0 Å². The van der Waals surface area contributed by atoms with E-state index in [2.05, 4.69) is 27.8 Å². The first-order valence-electron chi connectivity index (χ1n) is 13.9. The SMILES string of the molecule is COc1ccc(C)cc1.C[C@H](NC(=O)[C@H]1CCN(C)C1)C(=O)NCC(=O)N[C@@H](Cc1ccccc1)C(=O)[C@@]1(C)CO1.[HH].[HH].[HH]. The predicted molar refractivity (Wildman–Crippen MR) is 162 cm³/mol. The summed E-state index contributed by atoms with van der Waals surface area (Å²) in [6.07, 6.45) is 1.10. The molecule has 0 spiro atoms. The summed E-state index contributed by atoms with van der Waals surface area (Å²) in [4.78, 5) is 52.0. The van der Waals surface area contributed by atoms with Gasteiger partial charge in [0.2, 0.25) is 17.7 Å². The maximum absolute atomic E-state index is 12.8. The van der Waals surface area contributed by atoms with Gasteiger partial charge in [-0.3, -0.25) is 19.2 Å². The quantitative estimate of drug-likeness (QED) is 0.353. The van der Waals surface area contributed by atoms with Gasteiger partial charge in [0.05, 0.1) is 32.2 Å². The monoisotopic (exact) mass is 572 g/mol. The number of methoxy groups -OCH3 is 1. The van der Waals surface area contributed by atoms with E-state index in [4.69, 9.17) is 9.47 Å². The zero-order valence-electron chi connectivity index (χ0n) is 24.6. The topological polar surface area (TPSA) is 129 Å². The van der Waals surface area contributed by atoms with Crippen LogP contribution in [0.1, 0.15) is 35.7 Å². The third kappa shape index (κ3) is 9.98. The first kappa shape index (κ1) is 31.8. The molecule has 2 aliphatic heterocycles. The summed E-state index contributed by atoms with van der Waals surface area (Å²) in [5.41, 5.74) is 1.30. The van der Waals surface area contributed by atoms with E-state index in [-0.39, 0.29) is 28.4 Å². The van der Waals surface area contributed by atoms with Crippen LogP contribution >= 0.6 is 0 Å². The number of likely N-dealkylation sites (tertiary alicyclic amines) is 1. The van der Waals surface area contributed by atoms with Crippen LogP contribution in [-0.4, -0.2) is 86.5 Å². The molecule has 10 heteroatoms. The zero-order chi connectivity index (χ0) is 30.0. The second-order valence-electron chi connectivity index (χ2n) is 10.9. The molecule has 0 aliphatic carbocycles. The van der Waals surface area contributed by atoms with Crippen molar-refractivity contribution >= 4 is 23.5 Å². The van der Waals surface area contributed by atoms with Gasteiger partial charge in [-0.05, 0) is 64.9 Å². The first-order chi connectivity index (χ1) is 19.5. The molecule has 0 radical (unpaired) electrons. The number of Topliss-reactive ketones (excluding diaryl/α,β-unsaturated/α-hetero) is 1. The van der Waals surface area contributed by atoms with Crippen LogP contribution in [0.3, 0.4) is 0 Å². The van der Waals surface area contributed by atoms with Crippen LogP contribution in [0, 0.1) is 12.8 Å². The van der Waals surface area contributed by atoms with Crippen molar-refractivity contribution in [2.24, 2.45) is 5.92 Å². The Morgan fingerprint density at radius 3 is 2.32 bits per heavy atom. The van der Waals surface area contributed by atoms with Crippen molar-refractivity contribution in [1.82, 2.24) is 20.9 Å². The van der Waals surface area contributed by atoms with E-state index in [1.807, 2.05) is 61.6 Å². The Labute approximate surface area is 246 Å². The summed E-state index contributed by atoms with van der Waals surface area (Å²) in [6, 6.07) is 15.8. The van der Waals surface area contributed by atoms with Crippen LogP contribution in [0.4, 0.5) is 0 Å². The number of ether oxygens (including phenoxy) is 2. The minimum Gasteiger partial charge on any atom is -0.497 e. The highest BCUT2D eigenvalue weighted by Gasteiger charge is 2.50. The molecular weight excluding hydrogens is 524 g/mol. The molecule has 0 aromatic heterocycles. The third-order valence-corrected chi connectivity index (χ3v) is 7.23. The number of benzene rings is 2. The van der Waals surface area contributed by atoms with Gasteiger partial charge < -0.3 is 30.3 Å². The molecule has 2 aromatic carbocycles. The second kappa shape index (κ2) is 14.7. The Hall–Kier alpha value is -3.76. The number of carbonyl (C=O) groups excluding carboxylic acids is 4. The van der Waals surface area contributed by atoms with E-state index in [0.29, 0.717) is 19.6 Å². The molecule has 0 saturated carbocycles. The van der Waals surface area contributed by atoms with Gasteiger partial charge in [-0.2, -0.15) is 0 Å². The van der Waals surface area contributed by atoms with Gasteiger partial charge >= 0.3 is 0 Å². The molecule has 0 unspecified atom stereocenters. The number of epoxide rings is 1. The Bertz CT molecular complexity index is 1200. The van der Waals surface area contributed by atoms with Gasteiger partial charge in [-0.15, -0.1) is 0 Å². The number of amides is 3. The normalized spacial score (nSPS) is 21.0. The lowest BCUT2D eigenvalue weighted by molar-refractivity contribution is -0.132. The maximum atomic E-state index is 12.8. The molecule has 2 saturated heterocycles. The Morgan fingerprint density at radius 1 is 1.10 bits per heavy atom.